The predicted molar refractivity (Wildman–Crippen MR) is 134 cm³/mol. The van der Waals surface area contributed by atoms with Crippen LogP contribution in [0.3, 0.4) is 0 Å². The Hall–Kier alpha value is -3.03. The van der Waals surface area contributed by atoms with Crippen LogP contribution in [0.4, 0.5) is 10.5 Å². The first-order valence-electron chi connectivity index (χ1n) is 11.0. The summed E-state index contributed by atoms with van der Waals surface area (Å²) in [4.78, 5) is 29.4. The highest BCUT2D eigenvalue weighted by atomic mass is 31.0. The molecule has 182 valence electrons. The van der Waals surface area contributed by atoms with Gasteiger partial charge < -0.3 is 19.8 Å². The number of aromatic nitrogens is 2. The van der Waals surface area contributed by atoms with Crippen LogP contribution in [0.1, 0.15) is 33.3 Å². The van der Waals surface area contributed by atoms with Gasteiger partial charge in [-0.25, -0.2) is 9.69 Å². The minimum atomic E-state index is -1.03. The van der Waals surface area contributed by atoms with E-state index >= 15 is 0 Å². The molecular formula is C24H32N5O4P. The minimum absolute atomic E-state index is 0.260. The number of nitrogens with zero attached hydrogens (tertiary/aromatic N) is 4. The summed E-state index contributed by atoms with van der Waals surface area (Å²) in [5, 5.41) is 13.2. The zero-order valence-electron chi connectivity index (χ0n) is 20.3. The van der Waals surface area contributed by atoms with Crippen molar-refractivity contribution in [3.63, 3.8) is 0 Å². The Morgan fingerprint density at radius 2 is 1.94 bits per heavy atom. The number of ether oxygens (including phenoxy) is 2. The Bertz CT molecular complexity index is 1120. The Kier molecular flexibility index (Phi) is 7.89. The second kappa shape index (κ2) is 10.5. The fourth-order valence-corrected chi connectivity index (χ4v) is 4.05. The molecule has 0 radical (unpaired) electrons. The smallest absolute Gasteiger partial charge is 0.332 e. The summed E-state index contributed by atoms with van der Waals surface area (Å²) in [6.07, 6.45) is 3.17. The first kappa shape index (κ1) is 25.6. The quantitative estimate of drug-likeness (QED) is 0.239. The lowest BCUT2D eigenvalue weighted by Gasteiger charge is -2.27. The van der Waals surface area contributed by atoms with Gasteiger partial charge in [-0.15, -0.1) is 9.24 Å². The van der Waals surface area contributed by atoms with Gasteiger partial charge in [0.1, 0.15) is 17.9 Å². The number of carbonyl (C=O) groups is 2. The summed E-state index contributed by atoms with van der Waals surface area (Å²) >= 11 is 0. The van der Waals surface area contributed by atoms with Crippen LogP contribution in [0.25, 0.3) is 0 Å². The predicted octanol–water partition coefficient (Wildman–Crippen LogP) is 3.84. The van der Waals surface area contributed by atoms with Crippen LogP contribution in [0.15, 0.2) is 47.5 Å². The van der Waals surface area contributed by atoms with Crippen LogP contribution < -0.4 is 9.64 Å². The van der Waals surface area contributed by atoms with Crippen LogP contribution in [-0.2, 0) is 22.6 Å². The third-order valence-electron chi connectivity index (χ3n) is 5.75. The van der Waals surface area contributed by atoms with E-state index in [0.29, 0.717) is 36.9 Å². The summed E-state index contributed by atoms with van der Waals surface area (Å²) in [5.41, 5.74) is 1.51. The Morgan fingerprint density at radius 3 is 2.59 bits per heavy atom. The molecule has 1 aromatic heterocycles. The second-order valence-corrected chi connectivity index (χ2v) is 9.61. The molecule has 3 rings (SSSR count). The maximum absolute atomic E-state index is 13.4. The van der Waals surface area contributed by atoms with Gasteiger partial charge in [-0.1, -0.05) is 12.1 Å². The van der Waals surface area contributed by atoms with Gasteiger partial charge in [0, 0.05) is 25.6 Å². The number of urea groups is 1. The van der Waals surface area contributed by atoms with Gasteiger partial charge in [-0.3, -0.25) is 9.48 Å². The molecule has 3 amide bonds. The fourth-order valence-electron chi connectivity index (χ4n) is 3.74. The highest BCUT2D eigenvalue weighted by Crippen LogP contribution is 2.33. The van der Waals surface area contributed by atoms with E-state index in [4.69, 9.17) is 14.9 Å². The highest BCUT2D eigenvalue weighted by molar-refractivity contribution is 7.22. The van der Waals surface area contributed by atoms with E-state index in [-0.39, 0.29) is 12.5 Å². The van der Waals surface area contributed by atoms with Gasteiger partial charge in [-0.2, -0.15) is 5.10 Å². The zero-order chi connectivity index (χ0) is 25.0. The molecular weight excluding hydrogens is 453 g/mol. The number of rotatable bonds is 10. The SMILES string of the molecule is COCCOc1cccc(CN2C(=O)N(c3cnn(C/C(C(C)=N)=C(\C)P)c3)C(=O)C2(C)C)c1. The van der Waals surface area contributed by atoms with E-state index in [0.717, 1.165) is 16.5 Å². The molecule has 1 saturated heterocycles. The number of allylic oxidation sites excluding steroid dienone is 2. The molecule has 1 N–H and O–H groups in total. The molecule has 1 aliphatic rings. The molecule has 1 aromatic carbocycles. The maximum atomic E-state index is 13.4. The first-order chi connectivity index (χ1) is 16.1. The molecule has 1 aliphatic heterocycles. The summed E-state index contributed by atoms with van der Waals surface area (Å²) < 4.78 is 12.3. The van der Waals surface area contributed by atoms with Gasteiger partial charge in [0.05, 0.1) is 25.0 Å². The molecule has 0 spiro atoms. The molecule has 34 heavy (non-hydrogen) atoms. The van der Waals surface area contributed by atoms with Crippen molar-refractivity contribution in [1.82, 2.24) is 14.7 Å². The zero-order valence-corrected chi connectivity index (χ0v) is 21.4. The van der Waals surface area contributed by atoms with E-state index in [9.17, 15) is 9.59 Å². The number of carbonyl (C=O) groups excluding carboxylic acids is 2. The molecule has 1 atom stereocenters. The van der Waals surface area contributed by atoms with Crippen molar-refractivity contribution in [2.75, 3.05) is 25.2 Å². The molecule has 0 aliphatic carbocycles. The van der Waals surface area contributed by atoms with Gasteiger partial charge >= 0.3 is 6.03 Å². The lowest BCUT2D eigenvalue weighted by atomic mass is 10.0. The average molecular weight is 486 g/mol. The van der Waals surface area contributed by atoms with Gasteiger partial charge in [0.2, 0.25) is 0 Å². The molecule has 0 saturated carbocycles. The number of nitrogens with one attached hydrogen (secondary N) is 1. The van der Waals surface area contributed by atoms with Crippen molar-refractivity contribution >= 4 is 32.6 Å². The van der Waals surface area contributed by atoms with Crippen molar-refractivity contribution in [3.8, 4) is 5.75 Å². The lowest BCUT2D eigenvalue weighted by Crippen LogP contribution is -2.43. The molecule has 2 aromatic rings. The topological polar surface area (TPSA) is 101 Å². The number of methoxy groups -OCH3 is 1. The third kappa shape index (κ3) is 5.37. The van der Waals surface area contributed by atoms with Crippen LogP contribution >= 0.6 is 9.24 Å². The fraction of sp³-hybridized carbons (Fsp3) is 0.417. The molecule has 1 fully saturated rings. The third-order valence-corrected chi connectivity index (χ3v) is 6.09. The summed E-state index contributed by atoms with van der Waals surface area (Å²) in [7, 11) is 4.22. The second-order valence-electron chi connectivity index (χ2n) is 8.74. The summed E-state index contributed by atoms with van der Waals surface area (Å²) in [6, 6.07) is 7.07. The molecule has 10 heteroatoms. The van der Waals surface area contributed by atoms with Crippen LogP contribution in [0.2, 0.25) is 0 Å². The Labute approximate surface area is 202 Å². The lowest BCUT2D eigenvalue weighted by molar-refractivity contribution is -0.123. The average Bonchev–Trinajstić information content (AvgIpc) is 3.29. The monoisotopic (exact) mass is 485 g/mol. The van der Waals surface area contributed by atoms with E-state index in [1.807, 2.05) is 31.2 Å². The van der Waals surface area contributed by atoms with E-state index in [1.165, 1.54) is 11.1 Å². The number of anilines is 1. The molecule has 9 nitrogen and oxygen atoms in total. The highest BCUT2D eigenvalue weighted by Gasteiger charge is 2.52. The van der Waals surface area contributed by atoms with Crippen molar-refractivity contribution in [2.45, 2.75) is 46.3 Å². The number of imide groups is 1. The normalized spacial score (nSPS) is 16.2. The van der Waals surface area contributed by atoms with Gasteiger partial charge in [-0.05, 0) is 56.3 Å². The number of hydrogen-bond acceptors (Lipinski definition) is 6. The standard InChI is InChI=1S/C24H32N5O4P/c1-16(25)21(17(2)34)15-27-14-19(12-26-27)29-22(30)24(3,4)28(23(29)31)13-18-7-6-8-20(11-18)33-10-9-32-5/h6-8,11-12,14,25H,9-10,13,15,34H2,1-5H3/b21-17-,25-16?. The largest absolute Gasteiger partial charge is 0.491 e. The van der Waals surface area contributed by atoms with E-state index < -0.39 is 11.6 Å². The van der Waals surface area contributed by atoms with Crippen molar-refractivity contribution in [2.24, 2.45) is 0 Å². The Balaban J connectivity index is 1.81. The van der Waals surface area contributed by atoms with Crippen molar-refractivity contribution in [3.05, 3.63) is 53.1 Å². The number of benzene rings is 1. The van der Waals surface area contributed by atoms with Crippen molar-refractivity contribution in [1.29, 1.82) is 5.41 Å². The molecule has 0 bridgehead atoms. The Morgan fingerprint density at radius 1 is 1.21 bits per heavy atom. The van der Waals surface area contributed by atoms with E-state index in [2.05, 4.69) is 14.3 Å². The van der Waals surface area contributed by atoms with Gasteiger partial charge in [0.15, 0.2) is 0 Å². The number of hydrogen-bond donors (Lipinski definition) is 1. The summed E-state index contributed by atoms with van der Waals surface area (Å²) in [5.74, 6) is 0.365. The summed E-state index contributed by atoms with van der Waals surface area (Å²) in [6.45, 7) is 8.66. The minimum Gasteiger partial charge on any atom is -0.491 e. The van der Waals surface area contributed by atoms with Crippen molar-refractivity contribution < 1.29 is 19.1 Å². The van der Waals surface area contributed by atoms with Crippen LogP contribution in [0.5, 0.6) is 5.75 Å². The number of amides is 3. The molecule has 2 heterocycles. The molecule has 1 unspecified atom stereocenters. The van der Waals surface area contributed by atoms with Gasteiger partial charge in [0.25, 0.3) is 5.91 Å². The maximum Gasteiger partial charge on any atom is 0.332 e. The van der Waals surface area contributed by atoms with E-state index in [1.54, 1.807) is 43.7 Å². The van der Waals surface area contributed by atoms with Crippen LogP contribution in [0, 0.1) is 5.41 Å². The first-order valence-corrected chi connectivity index (χ1v) is 11.5. The van der Waals surface area contributed by atoms with Crippen LogP contribution in [-0.4, -0.2) is 58.2 Å².